The van der Waals surface area contributed by atoms with E-state index in [9.17, 15) is 14.9 Å². The lowest BCUT2D eigenvalue weighted by atomic mass is 9.91. The van der Waals surface area contributed by atoms with Crippen molar-refractivity contribution in [1.82, 2.24) is 14.8 Å². The third kappa shape index (κ3) is 4.22. The predicted molar refractivity (Wildman–Crippen MR) is 130 cm³/mol. The first-order chi connectivity index (χ1) is 17.0. The van der Waals surface area contributed by atoms with E-state index < -0.39 is 4.92 Å². The molecule has 10 heteroatoms. The average molecular weight is 490 g/mol. The van der Waals surface area contributed by atoms with Gasteiger partial charge in [0.1, 0.15) is 12.1 Å². The standard InChI is InChI=1S/C25H20ClN5O4/c1-35-21-12-6-17(7-13-21)23-14-22(16-2-8-19(26)9-3-16)29(25-27-15-28-30(23)25)24(32)18-4-10-20(11-5-18)31(33)34/h2-13,15,22-23H,14H2,1H3/t22-,23-/m1/s1. The fourth-order valence-electron chi connectivity index (χ4n) is 4.36. The van der Waals surface area contributed by atoms with E-state index in [1.807, 2.05) is 36.4 Å². The number of anilines is 1. The Kier molecular flexibility index (Phi) is 5.92. The Balaban J connectivity index is 1.60. The van der Waals surface area contributed by atoms with Crippen molar-refractivity contribution in [2.75, 3.05) is 12.0 Å². The minimum atomic E-state index is -0.498. The highest BCUT2D eigenvalue weighted by Gasteiger charge is 2.39. The molecule has 0 saturated heterocycles. The second-order valence-corrected chi connectivity index (χ2v) is 8.51. The number of non-ortho nitro benzene ring substituents is 1. The molecule has 0 unspecified atom stereocenters. The molecule has 0 bridgehead atoms. The van der Waals surface area contributed by atoms with Gasteiger partial charge in [-0.3, -0.25) is 19.8 Å². The van der Waals surface area contributed by atoms with E-state index in [2.05, 4.69) is 10.1 Å². The lowest BCUT2D eigenvalue weighted by molar-refractivity contribution is -0.384. The van der Waals surface area contributed by atoms with Crippen molar-refractivity contribution in [3.63, 3.8) is 0 Å². The van der Waals surface area contributed by atoms with Crippen molar-refractivity contribution < 1.29 is 14.5 Å². The largest absolute Gasteiger partial charge is 0.497 e. The molecule has 0 spiro atoms. The van der Waals surface area contributed by atoms with Crippen LogP contribution in [0.15, 0.2) is 79.1 Å². The number of hydrogen-bond donors (Lipinski definition) is 0. The van der Waals surface area contributed by atoms with Crippen molar-refractivity contribution in [3.05, 3.63) is 111 Å². The maximum Gasteiger partial charge on any atom is 0.269 e. The summed E-state index contributed by atoms with van der Waals surface area (Å²) in [5, 5.41) is 16.1. The number of carbonyl (C=O) groups excluding carboxylic acids is 1. The number of rotatable bonds is 5. The zero-order valence-electron chi connectivity index (χ0n) is 18.6. The molecule has 0 saturated carbocycles. The fraction of sp³-hybridized carbons (Fsp3) is 0.160. The van der Waals surface area contributed by atoms with Crippen molar-refractivity contribution in [1.29, 1.82) is 0 Å². The summed E-state index contributed by atoms with van der Waals surface area (Å²) >= 11 is 6.13. The maximum absolute atomic E-state index is 13.8. The summed E-state index contributed by atoms with van der Waals surface area (Å²) in [6.07, 6.45) is 1.95. The molecule has 0 radical (unpaired) electrons. The summed E-state index contributed by atoms with van der Waals surface area (Å²) in [7, 11) is 1.61. The van der Waals surface area contributed by atoms with E-state index >= 15 is 0 Å². The van der Waals surface area contributed by atoms with Crippen LogP contribution < -0.4 is 9.64 Å². The summed E-state index contributed by atoms with van der Waals surface area (Å²) in [5.41, 5.74) is 2.11. The number of methoxy groups -OCH3 is 1. The Morgan fingerprint density at radius 3 is 2.26 bits per heavy atom. The van der Waals surface area contributed by atoms with E-state index in [0.717, 1.165) is 16.9 Å². The van der Waals surface area contributed by atoms with Gasteiger partial charge < -0.3 is 4.74 Å². The first kappa shape index (κ1) is 22.5. The summed E-state index contributed by atoms with van der Waals surface area (Å²) < 4.78 is 7.02. The highest BCUT2D eigenvalue weighted by atomic mass is 35.5. The molecule has 2 atom stereocenters. The molecular weight excluding hydrogens is 470 g/mol. The fourth-order valence-corrected chi connectivity index (χ4v) is 4.49. The molecule has 3 aromatic carbocycles. The van der Waals surface area contributed by atoms with Gasteiger partial charge in [-0.2, -0.15) is 10.1 Å². The van der Waals surface area contributed by atoms with Crippen LogP contribution in [-0.4, -0.2) is 32.7 Å². The molecule has 0 N–H and O–H groups in total. The zero-order valence-corrected chi connectivity index (χ0v) is 19.4. The molecule has 9 nitrogen and oxygen atoms in total. The number of amides is 1. The van der Waals surface area contributed by atoms with Gasteiger partial charge in [0.2, 0.25) is 5.95 Å². The number of aromatic nitrogens is 3. The van der Waals surface area contributed by atoms with E-state index in [1.54, 1.807) is 28.8 Å². The number of carbonyl (C=O) groups is 1. The smallest absolute Gasteiger partial charge is 0.269 e. The van der Waals surface area contributed by atoms with E-state index in [1.165, 1.54) is 30.6 Å². The monoisotopic (exact) mass is 489 g/mol. The minimum Gasteiger partial charge on any atom is -0.497 e. The molecule has 1 aliphatic heterocycles. The Morgan fingerprint density at radius 1 is 1.00 bits per heavy atom. The molecule has 5 rings (SSSR count). The van der Waals surface area contributed by atoms with Gasteiger partial charge in [-0.05, 0) is 53.9 Å². The van der Waals surface area contributed by atoms with Gasteiger partial charge in [-0.1, -0.05) is 35.9 Å². The normalized spacial score (nSPS) is 17.0. The number of fused-ring (bicyclic) bond motifs is 1. The van der Waals surface area contributed by atoms with Gasteiger partial charge in [0.25, 0.3) is 11.6 Å². The lowest BCUT2D eigenvalue weighted by Gasteiger charge is -2.39. The third-order valence-corrected chi connectivity index (χ3v) is 6.37. The number of nitro benzene ring substituents is 1. The SMILES string of the molecule is COc1ccc([C@H]2C[C@H](c3ccc(Cl)cc3)N(C(=O)c3ccc([N+](=O)[O-])cc3)c3ncnn32)cc1. The van der Waals surface area contributed by atoms with Gasteiger partial charge >= 0.3 is 0 Å². The van der Waals surface area contributed by atoms with Gasteiger partial charge in [0, 0.05) is 22.7 Å². The summed E-state index contributed by atoms with van der Waals surface area (Å²) in [6, 6.07) is 20.1. The zero-order chi connectivity index (χ0) is 24.5. The van der Waals surface area contributed by atoms with Crippen LogP contribution in [-0.2, 0) is 0 Å². The van der Waals surface area contributed by atoms with Crippen LogP contribution in [0.4, 0.5) is 11.6 Å². The Morgan fingerprint density at radius 2 is 1.63 bits per heavy atom. The second-order valence-electron chi connectivity index (χ2n) is 8.08. The molecule has 0 fully saturated rings. The first-order valence-electron chi connectivity index (χ1n) is 10.8. The van der Waals surface area contributed by atoms with E-state index in [4.69, 9.17) is 16.3 Å². The van der Waals surface area contributed by atoms with Crippen LogP contribution in [0.2, 0.25) is 5.02 Å². The molecule has 1 aromatic heterocycles. The molecule has 4 aromatic rings. The molecule has 176 valence electrons. The molecule has 2 heterocycles. The van der Waals surface area contributed by atoms with Gasteiger partial charge in [-0.25, -0.2) is 4.68 Å². The van der Waals surface area contributed by atoms with Crippen LogP contribution >= 0.6 is 11.6 Å². The molecular formula is C25H20ClN5O4. The summed E-state index contributed by atoms with van der Waals surface area (Å²) in [6.45, 7) is 0. The maximum atomic E-state index is 13.8. The Bertz CT molecular complexity index is 1370. The van der Waals surface area contributed by atoms with Crippen LogP contribution in [0, 0.1) is 10.1 Å². The van der Waals surface area contributed by atoms with Gasteiger partial charge in [0.15, 0.2) is 0 Å². The number of nitro groups is 1. The van der Waals surface area contributed by atoms with E-state index in [-0.39, 0.29) is 23.7 Å². The number of halogens is 1. The molecule has 1 amide bonds. The molecule has 1 aliphatic rings. The second kappa shape index (κ2) is 9.19. The number of hydrogen-bond acceptors (Lipinski definition) is 6. The number of ether oxygens (including phenoxy) is 1. The van der Waals surface area contributed by atoms with Crippen LogP contribution in [0.1, 0.15) is 40.0 Å². The van der Waals surface area contributed by atoms with Crippen LogP contribution in [0.5, 0.6) is 5.75 Å². The highest BCUT2D eigenvalue weighted by Crippen LogP contribution is 2.43. The summed E-state index contributed by atoms with van der Waals surface area (Å²) in [4.78, 5) is 30.3. The van der Waals surface area contributed by atoms with Crippen molar-refractivity contribution in [2.45, 2.75) is 18.5 Å². The molecule has 35 heavy (non-hydrogen) atoms. The lowest BCUT2D eigenvalue weighted by Crippen LogP contribution is -2.42. The van der Waals surface area contributed by atoms with Gasteiger partial charge in [-0.15, -0.1) is 0 Å². The van der Waals surface area contributed by atoms with Crippen molar-refractivity contribution in [2.24, 2.45) is 0 Å². The van der Waals surface area contributed by atoms with Crippen LogP contribution in [0.25, 0.3) is 0 Å². The number of nitrogens with zero attached hydrogens (tertiary/aromatic N) is 5. The molecule has 0 aliphatic carbocycles. The summed E-state index contributed by atoms with van der Waals surface area (Å²) in [5.74, 6) is 0.801. The van der Waals surface area contributed by atoms with Crippen molar-refractivity contribution in [3.8, 4) is 5.75 Å². The van der Waals surface area contributed by atoms with Crippen molar-refractivity contribution >= 4 is 29.1 Å². The topological polar surface area (TPSA) is 103 Å². The minimum absolute atomic E-state index is 0.0859. The first-order valence-corrected chi connectivity index (χ1v) is 11.2. The average Bonchev–Trinajstić information content (AvgIpc) is 3.38. The number of benzene rings is 3. The quantitative estimate of drug-likeness (QED) is 0.281. The Hall–Kier alpha value is -4.24. The Labute approximate surface area is 205 Å². The predicted octanol–water partition coefficient (Wildman–Crippen LogP) is 5.23. The highest BCUT2D eigenvalue weighted by molar-refractivity contribution is 6.30. The third-order valence-electron chi connectivity index (χ3n) is 6.12. The van der Waals surface area contributed by atoms with Gasteiger partial charge in [0.05, 0.1) is 24.1 Å². The van der Waals surface area contributed by atoms with E-state index in [0.29, 0.717) is 23.0 Å². The van der Waals surface area contributed by atoms with Crippen LogP contribution in [0.3, 0.4) is 0 Å².